The standard InChI is InChI=1S/C16H23N5O3/c1-5-16(6-2,9-17)19-13(22)11-8-7-10-12(18-11)20(3)15(24)21(4)14(10)23/h7-8H,5-6,9,17H2,1-4H3,(H,19,22). The summed E-state index contributed by atoms with van der Waals surface area (Å²) in [7, 11) is 2.92. The number of amides is 1. The smallest absolute Gasteiger partial charge is 0.332 e. The van der Waals surface area contributed by atoms with Crippen LogP contribution in [0.25, 0.3) is 11.0 Å². The van der Waals surface area contributed by atoms with Crippen molar-refractivity contribution >= 4 is 16.9 Å². The van der Waals surface area contributed by atoms with Crippen molar-refractivity contribution in [3.63, 3.8) is 0 Å². The van der Waals surface area contributed by atoms with Gasteiger partial charge in [0.15, 0.2) is 0 Å². The molecule has 0 bridgehead atoms. The third kappa shape index (κ3) is 2.84. The molecule has 0 aliphatic rings. The molecule has 0 fully saturated rings. The van der Waals surface area contributed by atoms with Gasteiger partial charge in [-0.1, -0.05) is 13.8 Å². The second kappa shape index (κ2) is 6.56. The Hall–Kier alpha value is -2.48. The summed E-state index contributed by atoms with van der Waals surface area (Å²) >= 11 is 0. The van der Waals surface area contributed by atoms with Crippen LogP contribution in [-0.4, -0.2) is 32.1 Å². The van der Waals surface area contributed by atoms with Gasteiger partial charge in [-0.15, -0.1) is 0 Å². The van der Waals surface area contributed by atoms with Crippen LogP contribution in [0.2, 0.25) is 0 Å². The summed E-state index contributed by atoms with van der Waals surface area (Å²) in [6, 6.07) is 3.00. The molecule has 0 spiro atoms. The zero-order valence-corrected chi connectivity index (χ0v) is 14.4. The fraction of sp³-hybridized carbons (Fsp3) is 0.500. The average molecular weight is 333 g/mol. The van der Waals surface area contributed by atoms with Gasteiger partial charge in [0.2, 0.25) is 0 Å². The van der Waals surface area contributed by atoms with Crippen LogP contribution >= 0.6 is 0 Å². The lowest BCUT2D eigenvalue weighted by Gasteiger charge is -2.31. The number of aryl methyl sites for hydroxylation is 1. The van der Waals surface area contributed by atoms with Crippen molar-refractivity contribution < 1.29 is 4.79 Å². The number of hydrogen-bond donors (Lipinski definition) is 2. The number of nitrogens with one attached hydrogen (secondary N) is 1. The summed E-state index contributed by atoms with van der Waals surface area (Å²) in [6.07, 6.45) is 1.39. The molecule has 0 saturated heterocycles. The predicted octanol–water partition coefficient (Wildman–Crippen LogP) is -0.120. The number of nitrogens with zero attached hydrogens (tertiary/aromatic N) is 3. The van der Waals surface area contributed by atoms with E-state index in [9.17, 15) is 14.4 Å². The summed E-state index contributed by atoms with van der Waals surface area (Å²) in [4.78, 5) is 40.9. The van der Waals surface area contributed by atoms with Crippen LogP contribution in [0.15, 0.2) is 21.7 Å². The summed E-state index contributed by atoms with van der Waals surface area (Å²) < 4.78 is 2.26. The van der Waals surface area contributed by atoms with Crippen LogP contribution in [0.4, 0.5) is 0 Å². The highest BCUT2D eigenvalue weighted by atomic mass is 16.2. The van der Waals surface area contributed by atoms with Gasteiger partial charge < -0.3 is 11.1 Å². The van der Waals surface area contributed by atoms with Gasteiger partial charge in [-0.25, -0.2) is 9.78 Å². The fourth-order valence-corrected chi connectivity index (χ4v) is 2.65. The van der Waals surface area contributed by atoms with Gasteiger partial charge in [0.25, 0.3) is 11.5 Å². The normalized spacial score (nSPS) is 11.7. The van der Waals surface area contributed by atoms with E-state index in [0.717, 1.165) is 4.57 Å². The van der Waals surface area contributed by atoms with Crippen LogP contribution < -0.4 is 22.3 Å². The lowest BCUT2D eigenvalue weighted by molar-refractivity contribution is 0.0890. The summed E-state index contributed by atoms with van der Waals surface area (Å²) in [5.41, 5.74) is 4.71. The van der Waals surface area contributed by atoms with Crippen molar-refractivity contribution in [1.82, 2.24) is 19.4 Å². The number of carbonyl (C=O) groups is 1. The summed E-state index contributed by atoms with van der Waals surface area (Å²) in [6.45, 7) is 4.23. The van der Waals surface area contributed by atoms with Gasteiger partial charge in [-0.3, -0.25) is 18.7 Å². The SMILES string of the molecule is CCC(CC)(CN)NC(=O)c1ccc2c(=O)n(C)c(=O)n(C)c2n1. The van der Waals surface area contributed by atoms with E-state index in [0.29, 0.717) is 19.4 Å². The predicted molar refractivity (Wildman–Crippen MR) is 92.1 cm³/mol. The fourth-order valence-electron chi connectivity index (χ4n) is 2.65. The Bertz CT molecular complexity index is 885. The molecule has 130 valence electrons. The van der Waals surface area contributed by atoms with E-state index in [1.54, 1.807) is 0 Å². The molecule has 2 aromatic heterocycles. The molecule has 1 amide bonds. The molecule has 2 rings (SSSR count). The average Bonchev–Trinajstić information content (AvgIpc) is 2.62. The highest BCUT2D eigenvalue weighted by molar-refractivity contribution is 5.94. The van der Waals surface area contributed by atoms with E-state index < -0.39 is 16.8 Å². The largest absolute Gasteiger partial charge is 0.344 e. The molecule has 2 heterocycles. The first-order valence-electron chi connectivity index (χ1n) is 7.89. The third-order valence-corrected chi connectivity index (χ3v) is 4.66. The lowest BCUT2D eigenvalue weighted by atomic mass is 9.93. The second-order valence-corrected chi connectivity index (χ2v) is 5.92. The van der Waals surface area contributed by atoms with E-state index in [-0.39, 0.29) is 22.6 Å². The molecule has 0 aromatic carbocycles. The van der Waals surface area contributed by atoms with Gasteiger partial charge in [-0.2, -0.15) is 0 Å². The molecule has 8 heteroatoms. The topological polar surface area (TPSA) is 112 Å². The molecular weight excluding hydrogens is 310 g/mol. The molecular formula is C16H23N5O3. The molecule has 0 unspecified atom stereocenters. The molecule has 0 saturated carbocycles. The van der Waals surface area contributed by atoms with Gasteiger partial charge in [0, 0.05) is 20.6 Å². The van der Waals surface area contributed by atoms with Crippen LogP contribution in [0.1, 0.15) is 37.2 Å². The molecule has 24 heavy (non-hydrogen) atoms. The van der Waals surface area contributed by atoms with Crippen LogP contribution in [0, 0.1) is 0 Å². The van der Waals surface area contributed by atoms with Gasteiger partial charge in [-0.05, 0) is 25.0 Å². The van der Waals surface area contributed by atoms with Crippen molar-refractivity contribution in [2.24, 2.45) is 19.8 Å². The van der Waals surface area contributed by atoms with Gasteiger partial charge in [0.05, 0.1) is 10.9 Å². The monoisotopic (exact) mass is 333 g/mol. The Labute approximate surface area is 139 Å². The minimum absolute atomic E-state index is 0.144. The number of carbonyl (C=O) groups excluding carboxylic acids is 1. The van der Waals surface area contributed by atoms with E-state index in [1.165, 1.54) is 30.8 Å². The highest BCUT2D eigenvalue weighted by Gasteiger charge is 2.27. The second-order valence-electron chi connectivity index (χ2n) is 5.92. The summed E-state index contributed by atoms with van der Waals surface area (Å²) in [5.74, 6) is -0.376. The number of rotatable bonds is 5. The van der Waals surface area contributed by atoms with Crippen LogP contribution in [-0.2, 0) is 14.1 Å². The Morgan fingerprint density at radius 2 is 1.83 bits per heavy atom. The van der Waals surface area contributed by atoms with Crippen molar-refractivity contribution in [2.45, 2.75) is 32.2 Å². The Morgan fingerprint density at radius 3 is 2.38 bits per heavy atom. The quantitative estimate of drug-likeness (QED) is 0.792. The highest BCUT2D eigenvalue weighted by Crippen LogP contribution is 2.15. The van der Waals surface area contributed by atoms with E-state index in [4.69, 9.17) is 5.73 Å². The number of fused-ring (bicyclic) bond motifs is 1. The number of pyridine rings is 1. The maximum atomic E-state index is 12.5. The van der Waals surface area contributed by atoms with Gasteiger partial charge >= 0.3 is 5.69 Å². The zero-order chi connectivity index (χ0) is 18.1. The Morgan fingerprint density at radius 1 is 1.21 bits per heavy atom. The molecule has 3 N–H and O–H groups in total. The number of aromatic nitrogens is 3. The van der Waals surface area contributed by atoms with Crippen molar-refractivity contribution in [2.75, 3.05) is 6.54 Å². The first-order valence-corrected chi connectivity index (χ1v) is 7.89. The maximum Gasteiger partial charge on any atom is 0.332 e. The zero-order valence-electron chi connectivity index (χ0n) is 14.4. The molecule has 2 aromatic rings. The minimum atomic E-state index is -0.494. The summed E-state index contributed by atoms with van der Waals surface area (Å²) in [5, 5.41) is 3.21. The molecule has 0 aliphatic carbocycles. The van der Waals surface area contributed by atoms with Crippen molar-refractivity contribution in [1.29, 1.82) is 0 Å². The Kier molecular flexibility index (Phi) is 4.88. The van der Waals surface area contributed by atoms with Crippen LogP contribution in [0.3, 0.4) is 0 Å². The van der Waals surface area contributed by atoms with Crippen molar-refractivity contribution in [3.8, 4) is 0 Å². The van der Waals surface area contributed by atoms with E-state index in [1.807, 2.05) is 13.8 Å². The first-order chi connectivity index (χ1) is 11.3. The van der Waals surface area contributed by atoms with Crippen LogP contribution in [0.5, 0.6) is 0 Å². The number of hydrogen-bond acceptors (Lipinski definition) is 5. The maximum absolute atomic E-state index is 12.5. The van der Waals surface area contributed by atoms with E-state index in [2.05, 4.69) is 10.3 Å². The molecule has 0 radical (unpaired) electrons. The van der Waals surface area contributed by atoms with E-state index >= 15 is 0 Å². The Balaban J connectivity index is 2.54. The minimum Gasteiger partial charge on any atom is -0.344 e. The van der Waals surface area contributed by atoms with Crippen molar-refractivity contribution in [3.05, 3.63) is 38.7 Å². The van der Waals surface area contributed by atoms with Gasteiger partial charge in [0.1, 0.15) is 11.3 Å². The molecule has 0 aliphatic heterocycles. The number of nitrogens with two attached hydrogens (primary N) is 1. The molecule has 0 atom stereocenters. The third-order valence-electron chi connectivity index (χ3n) is 4.66. The first kappa shape index (κ1) is 17.9. The molecule has 8 nitrogen and oxygen atoms in total. The lowest BCUT2D eigenvalue weighted by Crippen LogP contribution is -2.53.